The van der Waals surface area contributed by atoms with Gasteiger partial charge in [-0.25, -0.2) is 0 Å². The van der Waals surface area contributed by atoms with Crippen molar-refractivity contribution in [3.05, 3.63) is 0 Å². The van der Waals surface area contributed by atoms with Crippen LogP contribution >= 0.6 is 12.9 Å². The lowest BCUT2D eigenvalue weighted by atomic mass is 10.1. The molecule has 0 bridgehead atoms. The molecule has 0 aliphatic carbocycles. The van der Waals surface area contributed by atoms with E-state index in [4.69, 9.17) is 13.7 Å². The summed E-state index contributed by atoms with van der Waals surface area (Å²) >= 11 is 3.75. The van der Waals surface area contributed by atoms with Gasteiger partial charge >= 0.3 is 0 Å². The first-order valence-corrected chi connectivity index (χ1v) is 9.85. The van der Waals surface area contributed by atoms with E-state index in [1.54, 1.807) is 0 Å². The lowest BCUT2D eigenvalue weighted by molar-refractivity contribution is -0.161. The molecule has 5 heteroatoms. The monoisotopic (exact) mass is 347 g/mol. The molecule has 0 aromatic rings. The normalized spacial score (nSPS) is 24.4. The van der Waals surface area contributed by atoms with E-state index >= 15 is 0 Å². The summed E-state index contributed by atoms with van der Waals surface area (Å²) in [6, 6.07) is 0. The highest BCUT2D eigenvalue weighted by Gasteiger charge is 2.36. The smallest absolute Gasteiger partial charge is 0.168 e. The van der Waals surface area contributed by atoms with E-state index in [2.05, 4.69) is 25.2 Å². The van der Waals surface area contributed by atoms with Crippen LogP contribution in [0.4, 0.5) is 0 Å². The molecule has 2 atom stereocenters. The topological polar surface area (TPSA) is 39.7 Å². The minimum absolute atomic E-state index is 0.151. The minimum Gasteiger partial charge on any atom is -0.347 e. The third kappa shape index (κ3) is 10.6. The van der Waals surface area contributed by atoms with E-state index in [0.717, 1.165) is 13.1 Å². The van der Waals surface area contributed by atoms with Crippen molar-refractivity contribution >= 4 is 12.9 Å². The van der Waals surface area contributed by atoms with Crippen LogP contribution < -0.4 is 5.32 Å². The molecule has 0 aromatic heterocycles. The molecule has 0 spiro atoms. The van der Waals surface area contributed by atoms with Gasteiger partial charge in [-0.1, -0.05) is 58.3 Å². The molecule has 0 aromatic carbocycles. The van der Waals surface area contributed by atoms with Crippen molar-refractivity contribution in [2.24, 2.45) is 0 Å². The molecule has 1 fully saturated rings. The largest absolute Gasteiger partial charge is 0.347 e. The van der Waals surface area contributed by atoms with Crippen molar-refractivity contribution in [2.75, 3.05) is 26.3 Å². The standard InChI is InChI=1S/C18H37NO3S/c1-3-4-5-6-7-8-9-10-11-13-19-15-17-16-20-18(2,22-17)12-14-21-23/h17,19,23H,3-16H2,1-2H3. The number of rotatable bonds is 15. The van der Waals surface area contributed by atoms with Gasteiger partial charge in [-0.3, -0.25) is 0 Å². The van der Waals surface area contributed by atoms with Crippen LogP contribution in [-0.2, 0) is 13.7 Å². The highest BCUT2D eigenvalue weighted by Crippen LogP contribution is 2.26. The summed E-state index contributed by atoms with van der Waals surface area (Å²) < 4.78 is 16.5. The predicted molar refractivity (Wildman–Crippen MR) is 98.9 cm³/mol. The molecule has 1 rings (SSSR count). The molecular formula is C18H37NO3S. The van der Waals surface area contributed by atoms with Crippen LogP contribution in [0, 0.1) is 0 Å². The molecule has 23 heavy (non-hydrogen) atoms. The second-order valence-electron chi connectivity index (χ2n) is 6.80. The zero-order chi connectivity index (χ0) is 16.8. The quantitative estimate of drug-likeness (QED) is 0.260. The number of unbranched alkanes of at least 4 members (excludes halogenated alkanes) is 8. The van der Waals surface area contributed by atoms with Gasteiger partial charge in [0.15, 0.2) is 5.79 Å². The Kier molecular flexibility index (Phi) is 12.4. The molecule has 1 aliphatic heterocycles. The third-order valence-electron chi connectivity index (χ3n) is 4.47. The fourth-order valence-electron chi connectivity index (χ4n) is 2.98. The Morgan fingerprint density at radius 3 is 2.39 bits per heavy atom. The summed E-state index contributed by atoms with van der Waals surface area (Å²) in [5.41, 5.74) is 0. The Bertz CT molecular complexity index is 281. The Labute approximate surface area is 148 Å². The molecule has 138 valence electrons. The third-order valence-corrected chi connectivity index (χ3v) is 4.65. The molecule has 0 radical (unpaired) electrons. The molecule has 2 unspecified atom stereocenters. The fourth-order valence-corrected chi connectivity index (χ4v) is 3.07. The zero-order valence-corrected chi connectivity index (χ0v) is 16.0. The molecule has 1 N–H and O–H groups in total. The van der Waals surface area contributed by atoms with Crippen molar-refractivity contribution in [2.45, 2.75) is 89.9 Å². The Balaban J connectivity index is 1.86. The number of thiol groups is 1. The van der Waals surface area contributed by atoms with E-state index < -0.39 is 5.79 Å². The Morgan fingerprint density at radius 1 is 1.09 bits per heavy atom. The van der Waals surface area contributed by atoms with Crippen molar-refractivity contribution < 1.29 is 13.7 Å². The number of hydrogen-bond donors (Lipinski definition) is 2. The van der Waals surface area contributed by atoms with E-state index in [1.807, 2.05) is 6.92 Å². The maximum absolute atomic E-state index is 5.94. The van der Waals surface area contributed by atoms with E-state index in [0.29, 0.717) is 19.6 Å². The lowest BCUT2D eigenvalue weighted by Crippen LogP contribution is -2.32. The number of ether oxygens (including phenoxy) is 2. The number of hydrogen-bond acceptors (Lipinski definition) is 5. The first-order valence-electron chi connectivity index (χ1n) is 9.49. The van der Waals surface area contributed by atoms with Crippen LogP contribution in [0.2, 0.25) is 0 Å². The SMILES string of the molecule is CCCCCCCCCCCNCC1COC(C)(CCOS)O1. The lowest BCUT2D eigenvalue weighted by Gasteiger charge is -2.22. The van der Waals surface area contributed by atoms with Gasteiger partial charge in [-0.15, -0.1) is 0 Å². The molecule has 0 amide bonds. The van der Waals surface area contributed by atoms with Crippen LogP contribution in [0.5, 0.6) is 0 Å². The maximum Gasteiger partial charge on any atom is 0.168 e. The summed E-state index contributed by atoms with van der Waals surface area (Å²) in [5.74, 6) is -0.507. The summed E-state index contributed by atoms with van der Waals surface area (Å²) in [7, 11) is 0. The van der Waals surface area contributed by atoms with E-state index in [9.17, 15) is 0 Å². The first-order chi connectivity index (χ1) is 11.2. The van der Waals surface area contributed by atoms with Gasteiger partial charge in [0.25, 0.3) is 0 Å². The predicted octanol–water partition coefficient (Wildman–Crippen LogP) is 4.49. The average Bonchev–Trinajstić information content (AvgIpc) is 2.92. The molecule has 4 nitrogen and oxygen atoms in total. The molecular weight excluding hydrogens is 310 g/mol. The van der Waals surface area contributed by atoms with Crippen molar-refractivity contribution in [3.63, 3.8) is 0 Å². The molecule has 1 saturated heterocycles. The van der Waals surface area contributed by atoms with Crippen LogP contribution in [0.25, 0.3) is 0 Å². The van der Waals surface area contributed by atoms with Crippen molar-refractivity contribution in [1.29, 1.82) is 0 Å². The Morgan fingerprint density at radius 2 is 1.74 bits per heavy atom. The molecule has 1 heterocycles. The van der Waals surface area contributed by atoms with Crippen LogP contribution in [0.1, 0.15) is 78.1 Å². The van der Waals surface area contributed by atoms with E-state index in [1.165, 1.54) is 57.8 Å². The van der Waals surface area contributed by atoms with Gasteiger partial charge < -0.3 is 19.0 Å². The van der Waals surface area contributed by atoms with Gasteiger partial charge in [-0.2, -0.15) is 0 Å². The zero-order valence-electron chi connectivity index (χ0n) is 15.1. The summed E-state index contributed by atoms with van der Waals surface area (Å²) in [5, 5.41) is 3.49. The van der Waals surface area contributed by atoms with Gasteiger partial charge in [0.05, 0.1) is 19.3 Å². The van der Waals surface area contributed by atoms with Crippen molar-refractivity contribution in [1.82, 2.24) is 5.32 Å². The average molecular weight is 348 g/mol. The summed E-state index contributed by atoms with van der Waals surface area (Å²) in [6.45, 7) is 7.39. The van der Waals surface area contributed by atoms with Gasteiger partial charge in [0.2, 0.25) is 0 Å². The number of nitrogens with one attached hydrogen (secondary N) is 1. The van der Waals surface area contributed by atoms with Gasteiger partial charge in [0, 0.05) is 13.0 Å². The van der Waals surface area contributed by atoms with Gasteiger partial charge in [-0.05, 0) is 32.8 Å². The Hall–Kier alpha value is 0.190. The second kappa shape index (κ2) is 13.5. The van der Waals surface area contributed by atoms with Crippen LogP contribution in [0.15, 0.2) is 0 Å². The summed E-state index contributed by atoms with van der Waals surface area (Å²) in [6.07, 6.45) is 13.2. The molecule has 1 aliphatic rings. The fraction of sp³-hybridized carbons (Fsp3) is 1.00. The minimum atomic E-state index is -0.507. The van der Waals surface area contributed by atoms with Crippen LogP contribution in [-0.4, -0.2) is 38.2 Å². The van der Waals surface area contributed by atoms with E-state index in [-0.39, 0.29) is 6.10 Å². The molecule has 0 saturated carbocycles. The van der Waals surface area contributed by atoms with Crippen molar-refractivity contribution in [3.8, 4) is 0 Å². The maximum atomic E-state index is 5.94. The van der Waals surface area contributed by atoms with Gasteiger partial charge in [0.1, 0.15) is 0 Å². The van der Waals surface area contributed by atoms with Crippen LogP contribution in [0.3, 0.4) is 0 Å². The summed E-state index contributed by atoms with van der Waals surface area (Å²) in [4.78, 5) is 0. The highest BCUT2D eigenvalue weighted by molar-refractivity contribution is 7.75. The highest BCUT2D eigenvalue weighted by atomic mass is 32.1. The second-order valence-corrected chi connectivity index (χ2v) is 7.06. The first kappa shape index (κ1) is 21.2.